The number of carboxylic acid groups (broad SMARTS) is 1. The second-order valence-electron chi connectivity index (χ2n) is 4.10. The Balaban J connectivity index is 2.38. The standard InChI is InChI=1S/C11H9ClF2O2/c12-7-3-6(4-8(13)10(7)14)11(1-2-11)5-9(15)16/h3-4H,1-2,5H2,(H,15,16). The predicted molar refractivity (Wildman–Crippen MR) is 54.5 cm³/mol. The highest BCUT2D eigenvalue weighted by atomic mass is 35.5. The highest BCUT2D eigenvalue weighted by molar-refractivity contribution is 6.30. The summed E-state index contributed by atoms with van der Waals surface area (Å²) >= 11 is 5.53. The molecule has 0 spiro atoms. The summed E-state index contributed by atoms with van der Waals surface area (Å²) in [6.07, 6.45) is 1.26. The van der Waals surface area contributed by atoms with Crippen molar-refractivity contribution in [3.05, 3.63) is 34.4 Å². The lowest BCUT2D eigenvalue weighted by atomic mass is 9.92. The predicted octanol–water partition coefficient (Wildman–Crippen LogP) is 3.12. The Labute approximate surface area is 95.8 Å². The Morgan fingerprint density at radius 3 is 2.50 bits per heavy atom. The molecule has 86 valence electrons. The number of rotatable bonds is 3. The van der Waals surface area contributed by atoms with Gasteiger partial charge in [-0.25, -0.2) is 8.78 Å². The molecular formula is C11H9ClF2O2. The molecule has 2 nitrogen and oxygen atoms in total. The van der Waals surface area contributed by atoms with Crippen molar-refractivity contribution in [1.29, 1.82) is 0 Å². The largest absolute Gasteiger partial charge is 0.481 e. The average Bonchev–Trinajstić information content (AvgIpc) is 2.93. The molecule has 1 aromatic carbocycles. The molecule has 0 unspecified atom stereocenters. The SMILES string of the molecule is O=C(O)CC1(c2cc(F)c(F)c(Cl)c2)CC1. The smallest absolute Gasteiger partial charge is 0.304 e. The molecule has 0 amide bonds. The summed E-state index contributed by atoms with van der Waals surface area (Å²) < 4.78 is 26.1. The minimum absolute atomic E-state index is 0.0750. The number of benzene rings is 1. The molecule has 1 aromatic rings. The zero-order valence-electron chi connectivity index (χ0n) is 8.27. The third-order valence-corrected chi connectivity index (χ3v) is 3.21. The lowest BCUT2D eigenvalue weighted by Crippen LogP contribution is -2.13. The van der Waals surface area contributed by atoms with Gasteiger partial charge in [-0.15, -0.1) is 0 Å². The van der Waals surface area contributed by atoms with Crippen molar-refractivity contribution in [2.24, 2.45) is 0 Å². The molecule has 0 heterocycles. The summed E-state index contributed by atoms with van der Waals surface area (Å²) in [6.45, 7) is 0. The topological polar surface area (TPSA) is 37.3 Å². The third-order valence-electron chi connectivity index (χ3n) is 2.94. The molecule has 1 fully saturated rings. The second kappa shape index (κ2) is 3.70. The molecule has 1 aliphatic carbocycles. The van der Waals surface area contributed by atoms with Crippen molar-refractivity contribution in [3.63, 3.8) is 0 Å². The number of hydrogen-bond donors (Lipinski definition) is 1. The molecular weight excluding hydrogens is 238 g/mol. The highest BCUT2D eigenvalue weighted by Crippen LogP contribution is 2.51. The summed E-state index contributed by atoms with van der Waals surface area (Å²) in [5.74, 6) is -3.06. The minimum Gasteiger partial charge on any atom is -0.481 e. The molecule has 0 saturated heterocycles. The van der Waals surface area contributed by atoms with Gasteiger partial charge < -0.3 is 5.11 Å². The van der Waals surface area contributed by atoms with Crippen LogP contribution in [0.2, 0.25) is 5.02 Å². The van der Waals surface area contributed by atoms with Gasteiger partial charge in [-0.1, -0.05) is 11.6 Å². The lowest BCUT2D eigenvalue weighted by Gasteiger charge is -2.13. The zero-order valence-corrected chi connectivity index (χ0v) is 9.02. The van der Waals surface area contributed by atoms with Crippen LogP contribution in [0.1, 0.15) is 24.8 Å². The Kier molecular flexibility index (Phi) is 2.62. The number of carboxylic acids is 1. The van der Waals surface area contributed by atoms with Gasteiger partial charge in [0.2, 0.25) is 0 Å². The van der Waals surface area contributed by atoms with E-state index in [-0.39, 0.29) is 11.4 Å². The molecule has 1 saturated carbocycles. The van der Waals surface area contributed by atoms with Crippen LogP contribution in [0.25, 0.3) is 0 Å². The summed E-state index contributed by atoms with van der Waals surface area (Å²) in [7, 11) is 0. The maximum Gasteiger partial charge on any atom is 0.304 e. The Hall–Kier alpha value is -1.16. The van der Waals surface area contributed by atoms with Gasteiger partial charge in [0.15, 0.2) is 11.6 Å². The van der Waals surface area contributed by atoms with E-state index in [9.17, 15) is 13.6 Å². The molecule has 0 aliphatic heterocycles. The van der Waals surface area contributed by atoms with Crippen LogP contribution in [0.3, 0.4) is 0 Å². The van der Waals surface area contributed by atoms with Crippen molar-refractivity contribution >= 4 is 17.6 Å². The summed E-state index contributed by atoms with van der Waals surface area (Å²) in [4.78, 5) is 10.7. The number of aliphatic carboxylic acids is 1. The fourth-order valence-corrected chi connectivity index (χ4v) is 2.08. The first kappa shape index (κ1) is 11.3. The third kappa shape index (κ3) is 1.89. The van der Waals surface area contributed by atoms with Gasteiger partial charge in [-0.05, 0) is 30.5 Å². The van der Waals surface area contributed by atoms with Crippen LogP contribution < -0.4 is 0 Å². The van der Waals surface area contributed by atoms with Crippen molar-refractivity contribution in [2.45, 2.75) is 24.7 Å². The van der Waals surface area contributed by atoms with E-state index in [1.165, 1.54) is 6.07 Å². The van der Waals surface area contributed by atoms with Crippen LogP contribution in [0.4, 0.5) is 8.78 Å². The van der Waals surface area contributed by atoms with E-state index >= 15 is 0 Å². The maximum atomic E-state index is 13.1. The Morgan fingerprint density at radius 2 is 2.06 bits per heavy atom. The van der Waals surface area contributed by atoms with Gasteiger partial charge in [-0.3, -0.25) is 4.79 Å². The zero-order chi connectivity index (χ0) is 11.9. The van der Waals surface area contributed by atoms with Crippen LogP contribution in [-0.2, 0) is 10.2 Å². The Bertz CT molecular complexity index is 432. The van der Waals surface area contributed by atoms with E-state index in [2.05, 4.69) is 0 Å². The molecule has 16 heavy (non-hydrogen) atoms. The van der Waals surface area contributed by atoms with Gasteiger partial charge in [0, 0.05) is 5.41 Å². The van der Waals surface area contributed by atoms with Crippen LogP contribution in [0.15, 0.2) is 12.1 Å². The average molecular weight is 247 g/mol. The molecule has 0 bridgehead atoms. The molecule has 1 N–H and O–H groups in total. The molecule has 0 aromatic heterocycles. The quantitative estimate of drug-likeness (QED) is 0.832. The van der Waals surface area contributed by atoms with Gasteiger partial charge >= 0.3 is 5.97 Å². The van der Waals surface area contributed by atoms with Crippen LogP contribution in [0, 0.1) is 11.6 Å². The van der Waals surface area contributed by atoms with E-state index in [0.717, 1.165) is 6.07 Å². The first-order chi connectivity index (χ1) is 7.44. The van der Waals surface area contributed by atoms with Gasteiger partial charge in [-0.2, -0.15) is 0 Å². The summed E-state index contributed by atoms with van der Waals surface area (Å²) in [5, 5.41) is 8.44. The van der Waals surface area contributed by atoms with Crippen LogP contribution >= 0.6 is 11.6 Å². The molecule has 0 radical (unpaired) electrons. The lowest BCUT2D eigenvalue weighted by molar-refractivity contribution is -0.137. The molecule has 0 atom stereocenters. The summed E-state index contributed by atoms with van der Waals surface area (Å²) in [5.41, 5.74) is -0.0805. The Morgan fingerprint density at radius 1 is 1.44 bits per heavy atom. The summed E-state index contributed by atoms with van der Waals surface area (Å²) in [6, 6.07) is 2.35. The van der Waals surface area contributed by atoms with Crippen molar-refractivity contribution < 1.29 is 18.7 Å². The fraction of sp³-hybridized carbons (Fsp3) is 0.364. The highest BCUT2D eigenvalue weighted by Gasteiger charge is 2.46. The fourth-order valence-electron chi connectivity index (χ4n) is 1.87. The van der Waals surface area contributed by atoms with E-state index < -0.39 is 23.0 Å². The molecule has 2 rings (SSSR count). The normalized spacial score (nSPS) is 17.2. The second-order valence-corrected chi connectivity index (χ2v) is 4.51. The van der Waals surface area contributed by atoms with Crippen molar-refractivity contribution in [1.82, 2.24) is 0 Å². The number of hydrogen-bond acceptors (Lipinski definition) is 1. The van der Waals surface area contributed by atoms with Gasteiger partial charge in [0.25, 0.3) is 0 Å². The van der Waals surface area contributed by atoms with Crippen LogP contribution in [-0.4, -0.2) is 11.1 Å². The van der Waals surface area contributed by atoms with Crippen molar-refractivity contribution in [3.8, 4) is 0 Å². The van der Waals surface area contributed by atoms with E-state index in [1.54, 1.807) is 0 Å². The van der Waals surface area contributed by atoms with E-state index in [1.807, 2.05) is 0 Å². The van der Waals surface area contributed by atoms with Gasteiger partial charge in [0.1, 0.15) is 0 Å². The monoisotopic (exact) mass is 246 g/mol. The van der Waals surface area contributed by atoms with E-state index in [0.29, 0.717) is 18.4 Å². The number of carbonyl (C=O) groups is 1. The van der Waals surface area contributed by atoms with Crippen LogP contribution in [0.5, 0.6) is 0 Å². The first-order valence-corrected chi connectivity index (χ1v) is 5.19. The first-order valence-electron chi connectivity index (χ1n) is 4.81. The van der Waals surface area contributed by atoms with E-state index in [4.69, 9.17) is 16.7 Å². The van der Waals surface area contributed by atoms with Gasteiger partial charge in [0.05, 0.1) is 11.4 Å². The maximum absolute atomic E-state index is 13.1. The minimum atomic E-state index is -1.09. The number of halogens is 3. The van der Waals surface area contributed by atoms with Crippen molar-refractivity contribution in [2.75, 3.05) is 0 Å². The molecule has 1 aliphatic rings. The molecule has 5 heteroatoms.